The molecule has 0 spiro atoms. The smallest absolute Gasteiger partial charge is 0.299 e. The second kappa shape index (κ2) is 8.09. The van der Waals surface area contributed by atoms with Crippen molar-refractivity contribution in [2.45, 2.75) is 13.0 Å². The van der Waals surface area contributed by atoms with Crippen LogP contribution in [0.15, 0.2) is 0 Å². The molecule has 6 heteroatoms. The fraction of sp³-hybridized carbons (Fsp3) is 1.00. The molecule has 1 unspecified atom stereocenters. The van der Waals surface area contributed by atoms with Gasteiger partial charge in [-0.05, 0) is 21.0 Å². The van der Waals surface area contributed by atoms with E-state index in [-0.39, 0.29) is 6.10 Å². The lowest BCUT2D eigenvalue weighted by atomic mass is 10.4. The molecule has 0 saturated heterocycles. The zero-order valence-electron chi connectivity index (χ0n) is 6.89. The molecule has 0 amide bonds. The van der Waals surface area contributed by atoms with Crippen LogP contribution in [-0.4, -0.2) is 50.1 Å². The van der Waals surface area contributed by atoms with E-state index >= 15 is 0 Å². The molecular formula is C5H15NO4S. The van der Waals surface area contributed by atoms with Gasteiger partial charge >= 0.3 is 0 Å². The van der Waals surface area contributed by atoms with Crippen LogP contribution in [0.4, 0.5) is 0 Å². The molecule has 0 saturated carbocycles. The first-order chi connectivity index (χ1) is 4.86. The van der Waals surface area contributed by atoms with E-state index < -0.39 is 11.4 Å². The van der Waals surface area contributed by atoms with Crippen LogP contribution in [0.2, 0.25) is 0 Å². The molecule has 0 heterocycles. The Labute approximate surface area is 69.1 Å². The van der Waals surface area contributed by atoms with Gasteiger partial charge in [-0.15, -0.1) is 0 Å². The van der Waals surface area contributed by atoms with Gasteiger partial charge in [0, 0.05) is 6.54 Å². The molecule has 5 nitrogen and oxygen atoms in total. The molecular weight excluding hydrogens is 170 g/mol. The summed E-state index contributed by atoms with van der Waals surface area (Å²) in [5.41, 5.74) is 0. The summed E-state index contributed by atoms with van der Waals surface area (Å²) in [7, 11) is 3.87. The average Bonchev–Trinajstić information content (AvgIpc) is 1.56. The zero-order chi connectivity index (χ0) is 9.44. The molecule has 3 N–H and O–H groups in total. The summed E-state index contributed by atoms with van der Waals surface area (Å²) in [6.45, 7) is 2.53. The van der Waals surface area contributed by atoms with E-state index in [1.165, 1.54) is 0 Å². The lowest BCUT2D eigenvalue weighted by molar-refractivity contribution is 0.154. The van der Waals surface area contributed by atoms with Crippen LogP contribution in [0.1, 0.15) is 6.92 Å². The highest BCUT2D eigenvalue weighted by Gasteiger charge is 1.93. The van der Waals surface area contributed by atoms with Crippen molar-refractivity contribution in [3.8, 4) is 0 Å². The molecule has 0 aliphatic carbocycles. The van der Waals surface area contributed by atoms with Crippen LogP contribution < -0.4 is 0 Å². The number of rotatable bonds is 2. The summed E-state index contributed by atoms with van der Waals surface area (Å²) in [4.78, 5) is 1.95. The summed E-state index contributed by atoms with van der Waals surface area (Å²) < 4.78 is 22.8. The molecule has 0 aromatic carbocycles. The van der Waals surface area contributed by atoms with E-state index in [0.29, 0.717) is 0 Å². The number of hydrogen-bond donors (Lipinski definition) is 3. The van der Waals surface area contributed by atoms with Gasteiger partial charge in [0.15, 0.2) is 0 Å². The van der Waals surface area contributed by atoms with Crippen molar-refractivity contribution in [3.63, 3.8) is 0 Å². The molecule has 0 aliphatic rings. The third-order valence-electron chi connectivity index (χ3n) is 0.629. The fourth-order valence-corrected chi connectivity index (χ4v) is 0.528. The number of hydrogen-bond acceptors (Lipinski definition) is 3. The van der Waals surface area contributed by atoms with Crippen LogP contribution in [-0.2, 0) is 11.4 Å². The summed E-state index contributed by atoms with van der Waals surface area (Å²) in [6.07, 6.45) is -0.199. The Morgan fingerprint density at radius 3 is 1.73 bits per heavy atom. The minimum Gasteiger partial charge on any atom is -0.392 e. The van der Waals surface area contributed by atoms with Crippen molar-refractivity contribution >= 4 is 11.4 Å². The average molecular weight is 185 g/mol. The molecule has 0 fully saturated rings. The minimum atomic E-state index is -2.61. The van der Waals surface area contributed by atoms with Gasteiger partial charge in [0.05, 0.1) is 6.10 Å². The minimum absolute atomic E-state index is 0.199. The third-order valence-corrected chi connectivity index (χ3v) is 0.629. The van der Waals surface area contributed by atoms with Gasteiger partial charge < -0.3 is 10.0 Å². The lowest BCUT2D eigenvalue weighted by Gasteiger charge is -2.10. The predicted octanol–water partition coefficient (Wildman–Crippen LogP) is -0.390. The molecule has 0 radical (unpaired) electrons. The van der Waals surface area contributed by atoms with E-state index in [1.807, 2.05) is 19.0 Å². The summed E-state index contributed by atoms with van der Waals surface area (Å²) in [5.74, 6) is 0. The first-order valence-electron chi connectivity index (χ1n) is 2.99. The Morgan fingerprint density at radius 2 is 1.73 bits per heavy atom. The quantitative estimate of drug-likeness (QED) is 0.510. The molecule has 0 bridgehead atoms. The predicted molar refractivity (Wildman–Crippen MR) is 43.6 cm³/mol. The molecule has 0 aliphatic heterocycles. The highest BCUT2D eigenvalue weighted by atomic mass is 32.2. The molecule has 11 heavy (non-hydrogen) atoms. The van der Waals surface area contributed by atoms with Crippen molar-refractivity contribution < 1.29 is 18.4 Å². The Kier molecular flexibility index (Phi) is 9.98. The van der Waals surface area contributed by atoms with Crippen molar-refractivity contribution in [3.05, 3.63) is 0 Å². The summed E-state index contributed by atoms with van der Waals surface area (Å²) in [5, 5.41) is 8.68. The molecule has 0 rings (SSSR count). The van der Waals surface area contributed by atoms with Crippen molar-refractivity contribution in [1.29, 1.82) is 0 Å². The number of aliphatic hydroxyl groups is 1. The van der Waals surface area contributed by atoms with Crippen LogP contribution in [0, 0.1) is 0 Å². The molecule has 1 atom stereocenters. The zero-order valence-corrected chi connectivity index (χ0v) is 7.71. The van der Waals surface area contributed by atoms with Gasteiger partial charge in [-0.25, -0.2) is 0 Å². The van der Waals surface area contributed by atoms with Crippen LogP contribution in [0.3, 0.4) is 0 Å². The van der Waals surface area contributed by atoms with Crippen LogP contribution >= 0.6 is 0 Å². The highest BCUT2D eigenvalue weighted by molar-refractivity contribution is 7.73. The Bertz CT molecular complexity index is 96.7. The fourth-order valence-electron chi connectivity index (χ4n) is 0.528. The topological polar surface area (TPSA) is 81.0 Å². The van der Waals surface area contributed by atoms with Crippen LogP contribution in [0.5, 0.6) is 0 Å². The summed E-state index contributed by atoms with van der Waals surface area (Å²) in [6, 6.07) is 0. The second-order valence-electron chi connectivity index (χ2n) is 2.34. The highest BCUT2D eigenvalue weighted by Crippen LogP contribution is 1.80. The number of likely N-dealkylation sites (N-methyl/N-ethyl adjacent to an activating group) is 1. The Morgan fingerprint density at radius 1 is 1.45 bits per heavy atom. The maximum Gasteiger partial charge on any atom is 0.299 e. The molecule has 0 aromatic rings. The molecule has 0 aromatic heterocycles. The van der Waals surface area contributed by atoms with E-state index in [0.717, 1.165) is 6.54 Å². The lowest BCUT2D eigenvalue weighted by Crippen LogP contribution is -2.22. The Balaban J connectivity index is 0. The summed E-state index contributed by atoms with van der Waals surface area (Å²) >= 11 is -2.61. The van der Waals surface area contributed by atoms with Crippen molar-refractivity contribution in [2.75, 3.05) is 20.6 Å². The number of nitrogens with zero attached hydrogens (tertiary/aromatic N) is 1. The standard InChI is InChI=1S/C5H13NO.H2O3S/c1-5(7)4-6(2)3;1-4(2)3/h5,7H,4H2,1-3H3;(H2,1,2,3). The molecule has 70 valence electrons. The van der Waals surface area contributed by atoms with E-state index in [2.05, 4.69) is 0 Å². The van der Waals surface area contributed by atoms with Gasteiger partial charge in [-0.2, -0.15) is 4.21 Å². The van der Waals surface area contributed by atoms with Gasteiger partial charge in [-0.1, -0.05) is 0 Å². The normalized spacial score (nSPS) is 12.7. The third kappa shape index (κ3) is 40.1. The number of aliphatic hydroxyl groups excluding tert-OH is 1. The van der Waals surface area contributed by atoms with Crippen molar-refractivity contribution in [1.82, 2.24) is 4.90 Å². The van der Waals surface area contributed by atoms with E-state index in [4.69, 9.17) is 18.4 Å². The monoisotopic (exact) mass is 185 g/mol. The van der Waals surface area contributed by atoms with Crippen LogP contribution in [0.25, 0.3) is 0 Å². The van der Waals surface area contributed by atoms with Gasteiger partial charge in [-0.3, -0.25) is 9.11 Å². The van der Waals surface area contributed by atoms with Gasteiger partial charge in [0.1, 0.15) is 0 Å². The SMILES string of the molecule is CC(O)CN(C)C.O=S(O)O. The maximum absolute atomic E-state index is 8.68. The first-order valence-corrected chi connectivity index (χ1v) is 4.05. The largest absolute Gasteiger partial charge is 0.392 e. The van der Waals surface area contributed by atoms with E-state index in [1.54, 1.807) is 6.92 Å². The second-order valence-corrected chi connectivity index (χ2v) is 2.80. The maximum atomic E-state index is 8.68. The van der Waals surface area contributed by atoms with Crippen molar-refractivity contribution in [2.24, 2.45) is 0 Å². The van der Waals surface area contributed by atoms with Gasteiger partial charge in [0.25, 0.3) is 11.4 Å². The first kappa shape index (κ1) is 13.6. The van der Waals surface area contributed by atoms with E-state index in [9.17, 15) is 0 Å². The van der Waals surface area contributed by atoms with Gasteiger partial charge in [0.2, 0.25) is 0 Å². The Hall–Kier alpha value is -0.0100.